The van der Waals surface area contributed by atoms with E-state index in [2.05, 4.69) is 38.1 Å². The number of benzene rings is 1. The van der Waals surface area contributed by atoms with Gasteiger partial charge in [0.15, 0.2) is 0 Å². The van der Waals surface area contributed by atoms with E-state index in [1.54, 1.807) is 50.5 Å². The topological polar surface area (TPSA) is 0 Å². The molecule has 4 rings (SSSR count). The lowest BCUT2D eigenvalue weighted by Crippen LogP contribution is -2.30. The summed E-state index contributed by atoms with van der Waals surface area (Å²) in [5.41, 5.74) is 3.12. The summed E-state index contributed by atoms with van der Waals surface area (Å²) in [6, 6.07) is 9.62. The molecule has 1 aromatic rings. The van der Waals surface area contributed by atoms with Crippen molar-refractivity contribution in [1.29, 1.82) is 0 Å². The molecule has 0 bridgehead atoms. The van der Waals surface area contributed by atoms with E-state index in [1.165, 1.54) is 56.9 Å². The third-order valence-corrected chi connectivity index (χ3v) is 9.50. The molecule has 3 fully saturated rings. The van der Waals surface area contributed by atoms with Crippen LogP contribution in [-0.4, -0.2) is 0 Å². The van der Waals surface area contributed by atoms with Crippen molar-refractivity contribution in [3.63, 3.8) is 0 Å². The highest BCUT2D eigenvalue weighted by Gasteiger charge is 2.36. The lowest BCUT2D eigenvalue weighted by molar-refractivity contribution is 0.108. The molecule has 30 heavy (non-hydrogen) atoms. The second kappa shape index (κ2) is 11.2. The minimum atomic E-state index is 0.844. The molecule has 3 aliphatic carbocycles. The van der Waals surface area contributed by atoms with Crippen LogP contribution in [0.2, 0.25) is 0 Å². The van der Waals surface area contributed by atoms with E-state index in [9.17, 15) is 0 Å². The normalized spacial score (nSPS) is 34.5. The number of hydrogen-bond donors (Lipinski definition) is 0. The van der Waals surface area contributed by atoms with E-state index in [0.29, 0.717) is 0 Å². The maximum absolute atomic E-state index is 2.44. The van der Waals surface area contributed by atoms with E-state index < -0.39 is 0 Å². The van der Waals surface area contributed by atoms with Gasteiger partial charge in [-0.05, 0) is 85.2 Å². The van der Waals surface area contributed by atoms with Crippen LogP contribution in [-0.2, 0) is 6.42 Å². The van der Waals surface area contributed by atoms with Crippen LogP contribution in [0.15, 0.2) is 24.3 Å². The zero-order valence-corrected chi connectivity index (χ0v) is 20.1. The number of rotatable bonds is 8. The molecule has 3 aliphatic rings. The van der Waals surface area contributed by atoms with Crippen LogP contribution in [0.5, 0.6) is 0 Å². The summed E-state index contributed by atoms with van der Waals surface area (Å²) < 4.78 is 0. The Morgan fingerprint density at radius 1 is 0.633 bits per heavy atom. The molecule has 0 amide bonds. The molecular weight excluding hydrogens is 360 g/mol. The number of fused-ring (bicyclic) bond motifs is 1. The molecule has 4 unspecified atom stereocenters. The summed E-state index contributed by atoms with van der Waals surface area (Å²) in [7, 11) is 0. The summed E-state index contributed by atoms with van der Waals surface area (Å²) in [5, 5.41) is 0. The summed E-state index contributed by atoms with van der Waals surface area (Å²) in [6.07, 6.45) is 23.9. The average Bonchev–Trinajstić information content (AvgIpc) is 2.81. The Morgan fingerprint density at radius 3 is 1.93 bits per heavy atom. The van der Waals surface area contributed by atoms with Gasteiger partial charge in [-0.1, -0.05) is 102 Å². The first-order valence-electron chi connectivity index (χ1n) is 13.8. The van der Waals surface area contributed by atoms with Crippen molar-refractivity contribution in [3.8, 4) is 0 Å². The molecule has 4 atom stereocenters. The molecule has 0 aromatic heterocycles. The highest BCUT2D eigenvalue weighted by Crippen LogP contribution is 2.49. The molecule has 168 valence electrons. The second-order valence-corrected chi connectivity index (χ2v) is 11.4. The molecule has 3 saturated carbocycles. The predicted molar refractivity (Wildman–Crippen MR) is 131 cm³/mol. The zero-order valence-electron chi connectivity index (χ0n) is 20.1. The number of unbranched alkanes of at least 4 members (excludes halogenated alkanes) is 1. The monoisotopic (exact) mass is 408 g/mol. The summed E-state index contributed by atoms with van der Waals surface area (Å²) in [6.45, 7) is 4.60. The molecule has 1 aromatic carbocycles. The van der Waals surface area contributed by atoms with Gasteiger partial charge < -0.3 is 0 Å². The molecule has 0 aliphatic heterocycles. The predicted octanol–water partition coefficient (Wildman–Crippen LogP) is 9.33. The molecule has 0 spiro atoms. The van der Waals surface area contributed by atoms with Gasteiger partial charge in [-0.2, -0.15) is 0 Å². The van der Waals surface area contributed by atoms with Gasteiger partial charge in [0.1, 0.15) is 0 Å². The smallest absolute Gasteiger partial charge is 0.0159 e. The fourth-order valence-corrected chi connectivity index (χ4v) is 7.35. The molecule has 0 N–H and O–H groups in total. The van der Waals surface area contributed by atoms with Crippen molar-refractivity contribution in [1.82, 2.24) is 0 Å². The fourth-order valence-electron chi connectivity index (χ4n) is 7.35. The van der Waals surface area contributed by atoms with Gasteiger partial charge >= 0.3 is 0 Å². The quantitative estimate of drug-likeness (QED) is 0.402. The maximum Gasteiger partial charge on any atom is -0.0159 e. The zero-order chi connectivity index (χ0) is 20.8. The van der Waals surface area contributed by atoms with E-state index in [1.807, 2.05) is 0 Å². The first-order chi connectivity index (χ1) is 14.7. The molecule has 0 radical (unpaired) electrons. The van der Waals surface area contributed by atoms with Crippen molar-refractivity contribution in [3.05, 3.63) is 35.4 Å². The van der Waals surface area contributed by atoms with Crippen molar-refractivity contribution >= 4 is 0 Å². The summed E-state index contributed by atoms with van der Waals surface area (Å²) in [4.78, 5) is 0. The van der Waals surface area contributed by atoms with Gasteiger partial charge in [-0.25, -0.2) is 0 Å². The van der Waals surface area contributed by atoms with Gasteiger partial charge in [0, 0.05) is 0 Å². The van der Waals surface area contributed by atoms with Crippen LogP contribution in [0.3, 0.4) is 0 Å². The Labute approximate surface area is 187 Å². The lowest BCUT2D eigenvalue weighted by Gasteiger charge is -2.43. The van der Waals surface area contributed by atoms with E-state index in [4.69, 9.17) is 0 Å². The third kappa shape index (κ3) is 5.92. The van der Waals surface area contributed by atoms with Crippen LogP contribution < -0.4 is 0 Å². The standard InChI is InChI=1S/C30H48/c1-3-5-6-24-7-9-25(10-8-24)11-12-26-15-18-30-22-29(20-19-28(30)21-26)27-16-13-23(4-2)14-17-27/h13-14,16-17,24-26,28-30H,3-12,15,18-22H2,1-2H3. The molecule has 0 heteroatoms. The van der Waals surface area contributed by atoms with Crippen LogP contribution in [0.25, 0.3) is 0 Å². The summed E-state index contributed by atoms with van der Waals surface area (Å²) in [5.74, 6) is 6.13. The van der Waals surface area contributed by atoms with Crippen LogP contribution in [0, 0.1) is 29.6 Å². The largest absolute Gasteiger partial charge is 0.0654 e. The number of hydrogen-bond acceptors (Lipinski definition) is 0. The lowest BCUT2D eigenvalue weighted by atomic mass is 9.63. The Kier molecular flexibility index (Phi) is 8.36. The Hall–Kier alpha value is -0.780. The second-order valence-electron chi connectivity index (χ2n) is 11.4. The van der Waals surface area contributed by atoms with Gasteiger partial charge in [-0.3, -0.25) is 0 Å². The Morgan fingerprint density at radius 2 is 1.23 bits per heavy atom. The van der Waals surface area contributed by atoms with Gasteiger partial charge in [0.05, 0.1) is 0 Å². The van der Waals surface area contributed by atoms with Gasteiger partial charge in [0.2, 0.25) is 0 Å². The Bertz CT molecular complexity index is 605. The van der Waals surface area contributed by atoms with Crippen molar-refractivity contribution in [2.24, 2.45) is 29.6 Å². The SMILES string of the molecule is CCCCC1CCC(CCC2CCC3CC(c4ccc(CC)cc4)CCC3C2)CC1. The van der Waals surface area contributed by atoms with E-state index in [-0.39, 0.29) is 0 Å². The van der Waals surface area contributed by atoms with Gasteiger partial charge in [-0.15, -0.1) is 0 Å². The first kappa shape index (κ1) is 22.4. The molecule has 0 heterocycles. The van der Waals surface area contributed by atoms with E-state index >= 15 is 0 Å². The van der Waals surface area contributed by atoms with Crippen LogP contribution in [0.4, 0.5) is 0 Å². The fraction of sp³-hybridized carbons (Fsp3) is 0.800. The minimum absolute atomic E-state index is 0.844. The van der Waals surface area contributed by atoms with Crippen LogP contribution in [0.1, 0.15) is 127 Å². The molecule has 0 nitrogen and oxygen atoms in total. The number of aryl methyl sites for hydroxylation is 1. The molecular formula is C30H48. The van der Waals surface area contributed by atoms with Crippen molar-refractivity contribution in [2.75, 3.05) is 0 Å². The first-order valence-corrected chi connectivity index (χ1v) is 13.8. The van der Waals surface area contributed by atoms with Gasteiger partial charge in [0.25, 0.3) is 0 Å². The van der Waals surface area contributed by atoms with E-state index in [0.717, 1.165) is 41.9 Å². The average molecular weight is 409 g/mol. The summed E-state index contributed by atoms with van der Waals surface area (Å²) >= 11 is 0. The maximum atomic E-state index is 2.44. The van der Waals surface area contributed by atoms with Crippen molar-refractivity contribution < 1.29 is 0 Å². The molecule has 0 saturated heterocycles. The van der Waals surface area contributed by atoms with Crippen molar-refractivity contribution in [2.45, 2.75) is 122 Å². The Balaban J connectivity index is 1.17. The van der Waals surface area contributed by atoms with Crippen LogP contribution >= 0.6 is 0 Å². The minimum Gasteiger partial charge on any atom is -0.0654 e. The highest BCUT2D eigenvalue weighted by atomic mass is 14.4. The third-order valence-electron chi connectivity index (χ3n) is 9.50. The highest BCUT2D eigenvalue weighted by molar-refractivity contribution is 5.26.